The standard InChI is InChI=1S/C20H16FN3O2/c1-12-19(26-2)16(8-9-22-12)18-17-11-24(14-5-3-13(21)4-6-14)20(25)15(17)7-10-23-18/h3-10H,11H2,1-2H3. The van der Waals surface area contributed by atoms with E-state index >= 15 is 0 Å². The van der Waals surface area contributed by atoms with Gasteiger partial charge in [-0.15, -0.1) is 0 Å². The number of hydrogen-bond acceptors (Lipinski definition) is 4. The fourth-order valence-corrected chi connectivity index (χ4v) is 3.29. The maximum absolute atomic E-state index is 13.2. The van der Waals surface area contributed by atoms with E-state index in [9.17, 15) is 9.18 Å². The molecule has 2 aromatic heterocycles. The lowest BCUT2D eigenvalue weighted by Gasteiger charge is -2.16. The van der Waals surface area contributed by atoms with Crippen molar-refractivity contribution in [2.75, 3.05) is 12.0 Å². The van der Waals surface area contributed by atoms with E-state index < -0.39 is 0 Å². The molecular weight excluding hydrogens is 333 g/mol. The van der Waals surface area contributed by atoms with E-state index in [0.29, 0.717) is 29.2 Å². The first kappa shape index (κ1) is 16.2. The number of aromatic nitrogens is 2. The number of anilines is 1. The number of halogens is 1. The van der Waals surface area contributed by atoms with Crippen LogP contribution < -0.4 is 9.64 Å². The molecule has 0 atom stereocenters. The molecule has 1 amide bonds. The Morgan fingerprint density at radius 1 is 1.04 bits per heavy atom. The van der Waals surface area contributed by atoms with Crippen molar-refractivity contribution >= 4 is 11.6 Å². The van der Waals surface area contributed by atoms with Crippen molar-refractivity contribution in [3.05, 3.63) is 71.4 Å². The second-order valence-corrected chi connectivity index (χ2v) is 6.03. The van der Waals surface area contributed by atoms with Crippen molar-refractivity contribution < 1.29 is 13.9 Å². The number of hydrogen-bond donors (Lipinski definition) is 0. The minimum Gasteiger partial charge on any atom is -0.494 e. The van der Waals surface area contributed by atoms with Crippen LogP contribution in [0.3, 0.4) is 0 Å². The zero-order valence-corrected chi connectivity index (χ0v) is 14.4. The van der Waals surface area contributed by atoms with Gasteiger partial charge in [0.15, 0.2) is 0 Å². The number of methoxy groups -OCH3 is 1. The van der Waals surface area contributed by atoms with Gasteiger partial charge in [0.05, 0.1) is 25.0 Å². The minimum atomic E-state index is -0.336. The average molecular weight is 349 g/mol. The molecule has 0 saturated heterocycles. The Kier molecular flexibility index (Phi) is 3.88. The summed E-state index contributed by atoms with van der Waals surface area (Å²) in [5.74, 6) is 0.179. The van der Waals surface area contributed by atoms with Crippen molar-refractivity contribution in [1.82, 2.24) is 9.97 Å². The summed E-state index contributed by atoms with van der Waals surface area (Å²) in [6.07, 6.45) is 3.32. The highest BCUT2D eigenvalue weighted by Gasteiger charge is 2.32. The molecule has 130 valence electrons. The summed E-state index contributed by atoms with van der Waals surface area (Å²) < 4.78 is 18.7. The highest BCUT2D eigenvalue weighted by molar-refractivity contribution is 6.11. The van der Waals surface area contributed by atoms with Gasteiger partial charge in [0.1, 0.15) is 11.6 Å². The van der Waals surface area contributed by atoms with E-state index in [4.69, 9.17) is 4.74 Å². The summed E-state index contributed by atoms with van der Waals surface area (Å²) >= 11 is 0. The van der Waals surface area contributed by atoms with Crippen molar-refractivity contribution in [2.24, 2.45) is 0 Å². The van der Waals surface area contributed by atoms with Crippen LogP contribution >= 0.6 is 0 Å². The van der Waals surface area contributed by atoms with Gasteiger partial charge >= 0.3 is 0 Å². The summed E-state index contributed by atoms with van der Waals surface area (Å²) in [4.78, 5) is 23.2. The monoisotopic (exact) mass is 349 g/mol. The van der Waals surface area contributed by atoms with Crippen LogP contribution in [0, 0.1) is 12.7 Å². The van der Waals surface area contributed by atoms with Crippen LogP contribution in [0.15, 0.2) is 48.8 Å². The summed E-state index contributed by atoms with van der Waals surface area (Å²) in [5.41, 5.74) is 4.32. The molecule has 0 saturated carbocycles. The van der Waals surface area contributed by atoms with Crippen LogP contribution in [0.1, 0.15) is 21.6 Å². The number of pyridine rings is 2. The first-order valence-corrected chi connectivity index (χ1v) is 8.15. The molecule has 0 N–H and O–H groups in total. The average Bonchev–Trinajstić information content (AvgIpc) is 2.99. The number of benzene rings is 1. The molecule has 0 radical (unpaired) electrons. The Bertz CT molecular complexity index is 1000. The van der Waals surface area contributed by atoms with Crippen LogP contribution in [0.5, 0.6) is 5.75 Å². The van der Waals surface area contributed by atoms with Gasteiger partial charge < -0.3 is 9.64 Å². The first-order valence-electron chi connectivity index (χ1n) is 8.15. The molecule has 0 fully saturated rings. The van der Waals surface area contributed by atoms with Crippen LogP contribution in [0.4, 0.5) is 10.1 Å². The van der Waals surface area contributed by atoms with Gasteiger partial charge in [-0.25, -0.2) is 4.39 Å². The van der Waals surface area contributed by atoms with Gasteiger partial charge in [-0.05, 0) is 43.3 Å². The molecule has 0 unspecified atom stereocenters. The number of carbonyl (C=O) groups is 1. The molecule has 26 heavy (non-hydrogen) atoms. The summed E-state index contributed by atoms with van der Waals surface area (Å²) in [6.45, 7) is 2.23. The second kappa shape index (κ2) is 6.22. The van der Waals surface area contributed by atoms with Gasteiger partial charge in [0.2, 0.25) is 0 Å². The van der Waals surface area contributed by atoms with Crippen molar-refractivity contribution in [3.63, 3.8) is 0 Å². The van der Waals surface area contributed by atoms with Gasteiger partial charge in [-0.2, -0.15) is 0 Å². The zero-order chi connectivity index (χ0) is 18.3. The second-order valence-electron chi connectivity index (χ2n) is 6.03. The first-order chi connectivity index (χ1) is 12.6. The molecule has 1 aliphatic rings. The maximum atomic E-state index is 13.2. The smallest absolute Gasteiger partial charge is 0.259 e. The van der Waals surface area contributed by atoms with Gasteiger partial charge in [0, 0.05) is 34.8 Å². The van der Waals surface area contributed by atoms with E-state index in [1.165, 1.54) is 12.1 Å². The molecule has 3 heterocycles. The lowest BCUT2D eigenvalue weighted by Crippen LogP contribution is -2.22. The number of fused-ring (bicyclic) bond motifs is 1. The number of amides is 1. The molecule has 0 spiro atoms. The predicted molar refractivity (Wildman–Crippen MR) is 95.7 cm³/mol. The molecule has 0 bridgehead atoms. The summed E-state index contributed by atoms with van der Waals surface area (Å²) in [7, 11) is 1.59. The van der Waals surface area contributed by atoms with Gasteiger partial charge in [0.25, 0.3) is 5.91 Å². The number of nitrogens with zero attached hydrogens (tertiary/aromatic N) is 3. The topological polar surface area (TPSA) is 55.3 Å². The highest BCUT2D eigenvalue weighted by atomic mass is 19.1. The molecule has 4 rings (SSSR count). The Labute approximate surface area is 150 Å². The normalized spacial score (nSPS) is 13.0. The fraction of sp³-hybridized carbons (Fsp3) is 0.150. The molecule has 1 aromatic carbocycles. The van der Waals surface area contributed by atoms with Gasteiger partial charge in [-0.1, -0.05) is 0 Å². The third-order valence-electron chi connectivity index (χ3n) is 4.53. The molecule has 3 aromatic rings. The van der Waals surface area contributed by atoms with Crippen LogP contribution in [0.2, 0.25) is 0 Å². The number of carbonyl (C=O) groups excluding carboxylic acids is 1. The summed E-state index contributed by atoms with van der Waals surface area (Å²) in [6, 6.07) is 9.44. The third kappa shape index (κ3) is 2.50. The van der Waals surface area contributed by atoms with E-state index in [1.54, 1.807) is 42.6 Å². The van der Waals surface area contributed by atoms with Crippen LogP contribution in [-0.2, 0) is 6.54 Å². The lowest BCUT2D eigenvalue weighted by molar-refractivity contribution is 0.0996. The Hall–Kier alpha value is -3.28. The number of ether oxygens (including phenoxy) is 1. The van der Waals surface area contributed by atoms with Crippen molar-refractivity contribution in [1.29, 1.82) is 0 Å². The van der Waals surface area contributed by atoms with E-state index in [-0.39, 0.29) is 11.7 Å². The van der Waals surface area contributed by atoms with Gasteiger partial charge in [-0.3, -0.25) is 14.8 Å². The maximum Gasteiger partial charge on any atom is 0.259 e. The van der Waals surface area contributed by atoms with E-state index in [0.717, 1.165) is 16.8 Å². The molecule has 5 nitrogen and oxygen atoms in total. The lowest BCUT2D eigenvalue weighted by atomic mass is 10.0. The Morgan fingerprint density at radius 3 is 2.46 bits per heavy atom. The predicted octanol–water partition coefficient (Wildman–Crippen LogP) is 3.76. The summed E-state index contributed by atoms with van der Waals surface area (Å²) in [5, 5.41) is 0. The highest BCUT2D eigenvalue weighted by Crippen LogP contribution is 2.37. The Morgan fingerprint density at radius 2 is 1.73 bits per heavy atom. The van der Waals surface area contributed by atoms with Crippen LogP contribution in [-0.4, -0.2) is 23.0 Å². The zero-order valence-electron chi connectivity index (χ0n) is 14.4. The SMILES string of the molecule is COc1c(-c2nccc3c2CN(c2ccc(F)cc2)C3=O)ccnc1C. The molecular formula is C20H16FN3O2. The third-order valence-corrected chi connectivity index (χ3v) is 4.53. The van der Waals surface area contributed by atoms with Crippen molar-refractivity contribution in [2.45, 2.75) is 13.5 Å². The minimum absolute atomic E-state index is 0.125. The van der Waals surface area contributed by atoms with Crippen molar-refractivity contribution in [3.8, 4) is 17.0 Å². The van der Waals surface area contributed by atoms with E-state index in [1.807, 2.05) is 13.0 Å². The van der Waals surface area contributed by atoms with Crippen LogP contribution in [0.25, 0.3) is 11.3 Å². The molecule has 1 aliphatic heterocycles. The quantitative estimate of drug-likeness (QED) is 0.722. The number of rotatable bonds is 3. The van der Waals surface area contributed by atoms with E-state index in [2.05, 4.69) is 9.97 Å². The fourth-order valence-electron chi connectivity index (χ4n) is 3.29. The Balaban J connectivity index is 1.82. The molecule has 6 heteroatoms. The largest absolute Gasteiger partial charge is 0.494 e. The number of aryl methyl sites for hydroxylation is 1. The molecule has 0 aliphatic carbocycles.